The van der Waals surface area contributed by atoms with Crippen molar-refractivity contribution in [2.24, 2.45) is 5.92 Å². The SMILES string of the molecule is CC[C@H](C)[C@@H](NC(=O)NCCc1ccccc1)C(=O)N[C@H](Cc1cc2ccccc2[nH]1)C(=O)NO. The lowest BCUT2D eigenvalue weighted by atomic mass is 9.97. The second-order valence-corrected chi connectivity index (χ2v) is 8.62. The summed E-state index contributed by atoms with van der Waals surface area (Å²) in [5.41, 5.74) is 4.35. The third kappa shape index (κ3) is 7.31. The molecule has 2 aromatic carbocycles. The number of nitrogens with one attached hydrogen (secondary N) is 5. The summed E-state index contributed by atoms with van der Waals surface area (Å²) in [6.07, 6.45) is 1.45. The lowest BCUT2D eigenvalue weighted by molar-refractivity contribution is -0.135. The zero-order valence-corrected chi connectivity index (χ0v) is 20.0. The van der Waals surface area contributed by atoms with Crippen molar-refractivity contribution in [1.29, 1.82) is 0 Å². The Morgan fingerprint density at radius 3 is 2.37 bits per heavy atom. The standard InChI is InChI=1S/C26H33N5O4/c1-3-17(2)23(30-26(34)27-14-13-18-9-5-4-6-10-18)25(33)29-22(24(32)31-35)16-20-15-19-11-7-8-12-21(19)28-20/h4-12,15,17,22-23,28,35H,3,13-14,16H2,1-2H3,(H,29,33)(H,31,32)(H2,27,30,34)/t17-,22+,23+/m0/s1. The first kappa shape index (κ1) is 25.8. The van der Waals surface area contributed by atoms with Crippen LogP contribution in [0.3, 0.4) is 0 Å². The zero-order valence-electron chi connectivity index (χ0n) is 20.0. The van der Waals surface area contributed by atoms with Crippen molar-refractivity contribution in [2.75, 3.05) is 6.54 Å². The van der Waals surface area contributed by atoms with E-state index in [9.17, 15) is 19.6 Å². The van der Waals surface area contributed by atoms with E-state index in [4.69, 9.17) is 0 Å². The lowest BCUT2D eigenvalue weighted by Gasteiger charge is -2.26. The van der Waals surface area contributed by atoms with E-state index in [-0.39, 0.29) is 12.3 Å². The number of aromatic amines is 1. The molecule has 0 saturated carbocycles. The summed E-state index contributed by atoms with van der Waals surface area (Å²) < 4.78 is 0. The van der Waals surface area contributed by atoms with Crippen LogP contribution in [-0.2, 0) is 22.4 Å². The predicted molar refractivity (Wildman–Crippen MR) is 134 cm³/mol. The summed E-state index contributed by atoms with van der Waals surface area (Å²) in [7, 11) is 0. The number of para-hydroxylation sites is 1. The second kappa shape index (κ2) is 12.6. The molecular formula is C26H33N5O4. The number of amides is 4. The molecule has 0 aliphatic heterocycles. The highest BCUT2D eigenvalue weighted by atomic mass is 16.5. The van der Waals surface area contributed by atoms with Crippen molar-refractivity contribution >= 4 is 28.7 Å². The monoisotopic (exact) mass is 479 g/mol. The Labute approximate surface area is 204 Å². The van der Waals surface area contributed by atoms with Gasteiger partial charge in [0.25, 0.3) is 5.91 Å². The van der Waals surface area contributed by atoms with Crippen molar-refractivity contribution in [2.45, 2.75) is 45.2 Å². The van der Waals surface area contributed by atoms with Crippen molar-refractivity contribution in [3.63, 3.8) is 0 Å². The number of fused-ring (bicyclic) bond motifs is 1. The minimum Gasteiger partial charge on any atom is -0.358 e. The van der Waals surface area contributed by atoms with Crippen molar-refractivity contribution in [1.82, 2.24) is 26.4 Å². The van der Waals surface area contributed by atoms with E-state index in [1.807, 2.05) is 74.5 Å². The fourth-order valence-corrected chi connectivity index (χ4v) is 3.87. The van der Waals surface area contributed by atoms with E-state index in [0.717, 1.165) is 22.2 Å². The molecule has 9 nitrogen and oxygen atoms in total. The summed E-state index contributed by atoms with van der Waals surface area (Å²) in [6.45, 7) is 4.19. The Balaban J connectivity index is 1.63. The van der Waals surface area contributed by atoms with E-state index < -0.39 is 29.9 Å². The van der Waals surface area contributed by atoms with Gasteiger partial charge in [-0.15, -0.1) is 0 Å². The summed E-state index contributed by atoms with van der Waals surface area (Å²) >= 11 is 0. The Kier molecular flexibility index (Phi) is 9.25. The maximum absolute atomic E-state index is 13.1. The fraction of sp³-hybridized carbons (Fsp3) is 0.346. The molecule has 0 aliphatic rings. The summed E-state index contributed by atoms with van der Waals surface area (Å²) in [5.74, 6) is -1.42. The van der Waals surface area contributed by atoms with Gasteiger partial charge >= 0.3 is 6.03 Å². The molecule has 0 radical (unpaired) electrons. The molecule has 9 heteroatoms. The third-order valence-corrected chi connectivity index (χ3v) is 6.08. The maximum atomic E-state index is 13.1. The van der Waals surface area contributed by atoms with Crippen molar-refractivity contribution < 1.29 is 19.6 Å². The molecule has 186 valence electrons. The summed E-state index contributed by atoms with van der Waals surface area (Å²) in [4.78, 5) is 41.2. The van der Waals surface area contributed by atoms with Crippen molar-refractivity contribution in [3.05, 3.63) is 71.9 Å². The molecular weight excluding hydrogens is 446 g/mol. The first-order valence-corrected chi connectivity index (χ1v) is 11.8. The molecule has 3 rings (SSSR count). The lowest BCUT2D eigenvalue weighted by Crippen LogP contribution is -2.57. The van der Waals surface area contributed by atoms with Crippen LogP contribution in [0.25, 0.3) is 10.9 Å². The zero-order chi connectivity index (χ0) is 25.2. The van der Waals surface area contributed by atoms with Crippen LogP contribution >= 0.6 is 0 Å². The van der Waals surface area contributed by atoms with Gasteiger partial charge in [-0.05, 0) is 35.4 Å². The van der Waals surface area contributed by atoms with Gasteiger partial charge in [0.1, 0.15) is 12.1 Å². The smallest absolute Gasteiger partial charge is 0.315 e. The van der Waals surface area contributed by atoms with Crippen LogP contribution in [0.1, 0.15) is 31.5 Å². The van der Waals surface area contributed by atoms with Crippen LogP contribution in [0.2, 0.25) is 0 Å². The van der Waals surface area contributed by atoms with Gasteiger partial charge in [-0.25, -0.2) is 10.3 Å². The van der Waals surface area contributed by atoms with Gasteiger partial charge in [-0.2, -0.15) is 0 Å². The van der Waals surface area contributed by atoms with Gasteiger partial charge in [-0.3, -0.25) is 14.8 Å². The molecule has 0 fully saturated rings. The van der Waals surface area contributed by atoms with E-state index in [2.05, 4.69) is 20.9 Å². The van der Waals surface area contributed by atoms with Crippen LogP contribution in [0.15, 0.2) is 60.7 Å². The van der Waals surface area contributed by atoms with Gasteiger partial charge in [0.2, 0.25) is 5.91 Å². The normalized spacial score (nSPS) is 13.5. The molecule has 6 N–H and O–H groups in total. The number of rotatable bonds is 11. The highest BCUT2D eigenvalue weighted by molar-refractivity contribution is 5.92. The molecule has 0 bridgehead atoms. The number of benzene rings is 2. The second-order valence-electron chi connectivity index (χ2n) is 8.62. The maximum Gasteiger partial charge on any atom is 0.315 e. The highest BCUT2D eigenvalue weighted by Crippen LogP contribution is 2.16. The summed E-state index contributed by atoms with van der Waals surface area (Å²) in [5, 5.41) is 18.4. The molecule has 4 amide bonds. The van der Waals surface area contributed by atoms with Crippen LogP contribution in [0, 0.1) is 5.92 Å². The molecule has 0 unspecified atom stereocenters. The number of carbonyl (C=O) groups is 3. The number of hydroxylamine groups is 1. The predicted octanol–water partition coefficient (Wildman–Crippen LogP) is 2.66. The summed E-state index contributed by atoms with van der Waals surface area (Å²) in [6, 6.07) is 17.0. The van der Waals surface area contributed by atoms with Gasteiger partial charge < -0.3 is 20.9 Å². The highest BCUT2D eigenvalue weighted by Gasteiger charge is 2.30. The number of H-pyrrole nitrogens is 1. The molecule has 3 aromatic rings. The number of carbonyl (C=O) groups excluding carboxylic acids is 3. The topological polar surface area (TPSA) is 135 Å². The van der Waals surface area contributed by atoms with Crippen LogP contribution in [0.5, 0.6) is 0 Å². The van der Waals surface area contributed by atoms with Gasteiger partial charge in [0, 0.05) is 24.2 Å². The Morgan fingerprint density at radius 2 is 1.69 bits per heavy atom. The molecule has 35 heavy (non-hydrogen) atoms. The van der Waals surface area contributed by atoms with Crippen molar-refractivity contribution in [3.8, 4) is 0 Å². The molecule has 1 heterocycles. The Hall–Kier alpha value is -3.85. The van der Waals surface area contributed by atoms with E-state index in [1.54, 1.807) is 5.48 Å². The van der Waals surface area contributed by atoms with E-state index in [1.165, 1.54) is 0 Å². The minimum atomic E-state index is -1.03. The van der Waals surface area contributed by atoms with Gasteiger partial charge in [0.05, 0.1) is 0 Å². The minimum absolute atomic E-state index is 0.142. The largest absolute Gasteiger partial charge is 0.358 e. The first-order chi connectivity index (χ1) is 16.9. The quantitative estimate of drug-likeness (QED) is 0.186. The molecule has 1 aromatic heterocycles. The molecule has 0 aliphatic carbocycles. The van der Waals surface area contributed by atoms with E-state index in [0.29, 0.717) is 19.4 Å². The van der Waals surface area contributed by atoms with Gasteiger partial charge in [0.15, 0.2) is 0 Å². The fourth-order valence-electron chi connectivity index (χ4n) is 3.87. The number of hydrogen-bond acceptors (Lipinski definition) is 4. The van der Waals surface area contributed by atoms with Crippen LogP contribution in [0.4, 0.5) is 4.79 Å². The molecule has 3 atom stereocenters. The number of hydrogen-bond donors (Lipinski definition) is 6. The number of aromatic nitrogens is 1. The van der Waals surface area contributed by atoms with Crippen LogP contribution in [-0.4, -0.2) is 46.7 Å². The Bertz CT molecular complexity index is 1100. The average molecular weight is 480 g/mol. The van der Waals surface area contributed by atoms with Gasteiger partial charge in [-0.1, -0.05) is 68.8 Å². The van der Waals surface area contributed by atoms with Crippen LogP contribution < -0.4 is 21.4 Å². The number of urea groups is 1. The average Bonchev–Trinajstić information content (AvgIpc) is 3.29. The Morgan fingerprint density at radius 1 is 0.971 bits per heavy atom. The third-order valence-electron chi connectivity index (χ3n) is 6.08. The molecule has 0 spiro atoms. The first-order valence-electron chi connectivity index (χ1n) is 11.8. The molecule has 0 saturated heterocycles. The van der Waals surface area contributed by atoms with E-state index >= 15 is 0 Å².